The first-order valence-corrected chi connectivity index (χ1v) is 7.88. The number of nitrogens with zero attached hydrogens (tertiary/aromatic N) is 2. The summed E-state index contributed by atoms with van der Waals surface area (Å²) in [5.41, 5.74) is 3.64. The zero-order chi connectivity index (χ0) is 16.7. The summed E-state index contributed by atoms with van der Waals surface area (Å²) < 4.78 is 0. The van der Waals surface area contributed by atoms with E-state index in [0.29, 0.717) is 18.7 Å². The van der Waals surface area contributed by atoms with Crippen LogP contribution in [-0.4, -0.2) is 47.8 Å². The van der Waals surface area contributed by atoms with Crippen LogP contribution >= 0.6 is 0 Å². The van der Waals surface area contributed by atoms with Gasteiger partial charge in [-0.05, 0) is 23.3 Å². The fourth-order valence-corrected chi connectivity index (χ4v) is 3.37. The molecule has 6 heteroatoms. The molecule has 6 nitrogen and oxygen atoms in total. The fourth-order valence-electron chi connectivity index (χ4n) is 3.37. The highest BCUT2D eigenvalue weighted by Crippen LogP contribution is 2.32. The van der Waals surface area contributed by atoms with Crippen molar-refractivity contribution in [3.63, 3.8) is 0 Å². The van der Waals surface area contributed by atoms with Crippen LogP contribution in [0.4, 0.5) is 10.5 Å². The van der Waals surface area contributed by atoms with E-state index in [-0.39, 0.29) is 18.6 Å². The van der Waals surface area contributed by atoms with E-state index >= 15 is 0 Å². The Hall–Kier alpha value is -3.02. The van der Waals surface area contributed by atoms with Crippen LogP contribution in [0, 0.1) is 0 Å². The first-order chi connectivity index (χ1) is 11.6. The molecule has 1 fully saturated rings. The summed E-state index contributed by atoms with van der Waals surface area (Å²) >= 11 is 0. The van der Waals surface area contributed by atoms with Crippen LogP contribution in [0.25, 0.3) is 11.1 Å². The number of carbonyl (C=O) groups excluding carboxylic acids is 1. The van der Waals surface area contributed by atoms with E-state index in [2.05, 4.69) is 10.2 Å². The molecule has 0 radical (unpaired) electrons. The van der Waals surface area contributed by atoms with Crippen LogP contribution in [0.2, 0.25) is 0 Å². The van der Waals surface area contributed by atoms with Crippen molar-refractivity contribution in [2.24, 2.45) is 0 Å². The molecule has 2 aromatic rings. The molecule has 2 aliphatic rings. The summed E-state index contributed by atoms with van der Waals surface area (Å²) in [6.45, 7) is 1.26. The summed E-state index contributed by atoms with van der Waals surface area (Å²) in [5.74, 6) is -0.155. The van der Waals surface area contributed by atoms with Gasteiger partial charge in [0.05, 0.1) is 17.8 Å². The molecule has 0 saturated carbocycles. The van der Waals surface area contributed by atoms with E-state index in [4.69, 9.17) is 0 Å². The molecule has 1 atom stereocenters. The Morgan fingerprint density at radius 1 is 1.08 bits per heavy atom. The molecule has 1 saturated heterocycles. The average molecular weight is 323 g/mol. The van der Waals surface area contributed by atoms with Gasteiger partial charge in [0.2, 0.25) is 0 Å². The maximum atomic E-state index is 12.4. The third-order valence-electron chi connectivity index (χ3n) is 4.61. The summed E-state index contributed by atoms with van der Waals surface area (Å²) in [6.07, 6.45) is -1.27. The van der Waals surface area contributed by atoms with Crippen LogP contribution in [0.15, 0.2) is 48.5 Å². The Morgan fingerprint density at radius 2 is 1.88 bits per heavy atom. The molecule has 0 spiro atoms. The molecule has 0 aliphatic carbocycles. The van der Waals surface area contributed by atoms with Gasteiger partial charge in [-0.1, -0.05) is 36.4 Å². The molecule has 2 heterocycles. The van der Waals surface area contributed by atoms with Gasteiger partial charge in [-0.15, -0.1) is 0 Å². The van der Waals surface area contributed by atoms with Crippen molar-refractivity contribution in [1.29, 1.82) is 0 Å². The topological polar surface area (TPSA) is 72.9 Å². The average Bonchev–Trinajstić information content (AvgIpc) is 2.61. The van der Waals surface area contributed by atoms with E-state index in [1.54, 1.807) is 0 Å². The standard InChI is InChI=1S/C18H17N3O3/c22-17-14-7-6-13(12-4-2-1-3-5-12)10-15(14)21-9-8-20(18(23)24)11-16(21)19-17/h1-7,10,16H,8-9,11H2,(H,19,22)(H,23,24). The number of anilines is 1. The number of piperazine rings is 1. The maximum absolute atomic E-state index is 12.4. The second-order valence-corrected chi connectivity index (χ2v) is 6.01. The molecule has 4 rings (SSSR count). The molecule has 2 aromatic carbocycles. The van der Waals surface area contributed by atoms with Gasteiger partial charge in [-0.2, -0.15) is 0 Å². The summed E-state index contributed by atoms with van der Waals surface area (Å²) in [5, 5.41) is 12.1. The van der Waals surface area contributed by atoms with Crippen LogP contribution < -0.4 is 10.2 Å². The van der Waals surface area contributed by atoms with Crippen molar-refractivity contribution in [3.8, 4) is 11.1 Å². The lowest BCUT2D eigenvalue weighted by molar-refractivity contribution is 0.0882. The first-order valence-electron chi connectivity index (χ1n) is 7.88. The number of fused-ring (bicyclic) bond motifs is 3. The number of benzene rings is 2. The minimum atomic E-state index is -0.951. The van der Waals surface area contributed by atoms with Gasteiger partial charge in [-0.3, -0.25) is 4.79 Å². The first kappa shape index (κ1) is 14.6. The second-order valence-electron chi connectivity index (χ2n) is 6.01. The maximum Gasteiger partial charge on any atom is 0.407 e. The third-order valence-corrected chi connectivity index (χ3v) is 4.61. The quantitative estimate of drug-likeness (QED) is 0.844. The minimum Gasteiger partial charge on any atom is -0.465 e. The predicted octanol–water partition coefficient (Wildman–Crippen LogP) is 2.22. The SMILES string of the molecule is O=C1NC2CN(C(=O)O)CCN2c2cc(-c3ccccc3)ccc21. The molecular weight excluding hydrogens is 306 g/mol. The lowest BCUT2D eigenvalue weighted by Gasteiger charge is -2.45. The Morgan fingerprint density at radius 3 is 2.62 bits per heavy atom. The summed E-state index contributed by atoms with van der Waals surface area (Å²) in [4.78, 5) is 27.0. The molecule has 0 aromatic heterocycles. The zero-order valence-corrected chi connectivity index (χ0v) is 13.0. The van der Waals surface area contributed by atoms with Crippen molar-refractivity contribution in [2.45, 2.75) is 6.17 Å². The van der Waals surface area contributed by atoms with Crippen molar-refractivity contribution in [3.05, 3.63) is 54.1 Å². The Kier molecular flexibility index (Phi) is 3.37. The molecular formula is C18H17N3O3. The van der Waals surface area contributed by atoms with Crippen molar-refractivity contribution in [1.82, 2.24) is 10.2 Å². The van der Waals surface area contributed by atoms with E-state index in [1.165, 1.54) is 4.90 Å². The molecule has 1 unspecified atom stereocenters. The predicted molar refractivity (Wildman–Crippen MR) is 90.1 cm³/mol. The van der Waals surface area contributed by atoms with Crippen molar-refractivity contribution in [2.75, 3.05) is 24.5 Å². The summed E-state index contributed by atoms with van der Waals surface area (Å²) in [6, 6.07) is 15.8. The number of carboxylic acid groups (broad SMARTS) is 1. The van der Waals surface area contributed by atoms with Crippen LogP contribution in [0.1, 0.15) is 10.4 Å². The van der Waals surface area contributed by atoms with Crippen molar-refractivity contribution < 1.29 is 14.7 Å². The number of amides is 2. The molecule has 0 bridgehead atoms. The highest BCUT2D eigenvalue weighted by atomic mass is 16.4. The molecule has 24 heavy (non-hydrogen) atoms. The number of hydrogen-bond acceptors (Lipinski definition) is 3. The normalized spacial score (nSPS) is 19.3. The van der Waals surface area contributed by atoms with Crippen LogP contribution in [-0.2, 0) is 0 Å². The lowest BCUT2D eigenvalue weighted by Crippen LogP contribution is -2.63. The minimum absolute atomic E-state index is 0.155. The fraction of sp³-hybridized carbons (Fsp3) is 0.222. The smallest absolute Gasteiger partial charge is 0.407 e. The van der Waals surface area contributed by atoms with Gasteiger partial charge in [0, 0.05) is 13.1 Å². The summed E-state index contributed by atoms with van der Waals surface area (Å²) in [7, 11) is 0. The highest BCUT2D eigenvalue weighted by Gasteiger charge is 2.36. The van der Waals surface area contributed by atoms with Gasteiger partial charge in [-0.25, -0.2) is 4.79 Å². The van der Waals surface area contributed by atoms with E-state index < -0.39 is 6.09 Å². The lowest BCUT2D eigenvalue weighted by atomic mass is 9.99. The zero-order valence-electron chi connectivity index (χ0n) is 13.0. The second kappa shape index (κ2) is 5.56. The molecule has 2 aliphatic heterocycles. The number of rotatable bonds is 1. The van der Waals surface area contributed by atoms with Crippen LogP contribution in [0.5, 0.6) is 0 Å². The van der Waals surface area contributed by atoms with E-state index in [1.807, 2.05) is 48.5 Å². The Labute approximate surface area is 139 Å². The number of hydrogen-bond donors (Lipinski definition) is 2. The molecule has 2 amide bonds. The van der Waals surface area contributed by atoms with E-state index in [9.17, 15) is 14.7 Å². The monoisotopic (exact) mass is 323 g/mol. The van der Waals surface area contributed by atoms with Gasteiger partial charge in [0.25, 0.3) is 5.91 Å². The number of carbonyl (C=O) groups is 2. The Balaban J connectivity index is 1.72. The molecule has 122 valence electrons. The molecule has 2 N–H and O–H groups in total. The van der Waals surface area contributed by atoms with Gasteiger partial charge in [0.1, 0.15) is 6.17 Å². The highest BCUT2D eigenvalue weighted by molar-refractivity contribution is 6.03. The number of nitrogens with one attached hydrogen (secondary N) is 1. The Bertz CT molecular complexity index is 806. The van der Waals surface area contributed by atoms with Gasteiger partial charge in [0.15, 0.2) is 0 Å². The van der Waals surface area contributed by atoms with Gasteiger partial charge >= 0.3 is 6.09 Å². The largest absolute Gasteiger partial charge is 0.465 e. The third kappa shape index (κ3) is 2.36. The van der Waals surface area contributed by atoms with Crippen LogP contribution in [0.3, 0.4) is 0 Å². The van der Waals surface area contributed by atoms with Gasteiger partial charge < -0.3 is 20.2 Å². The van der Waals surface area contributed by atoms with E-state index in [0.717, 1.165) is 16.8 Å². The van der Waals surface area contributed by atoms with Crippen molar-refractivity contribution >= 4 is 17.7 Å².